The van der Waals surface area contributed by atoms with Crippen molar-refractivity contribution in [3.05, 3.63) is 83.7 Å². The van der Waals surface area contributed by atoms with Crippen LogP contribution in [-0.2, 0) is 14.8 Å². The topological polar surface area (TPSA) is 97.3 Å². The maximum absolute atomic E-state index is 13.1. The maximum Gasteiger partial charge on any atom is 0.261 e. The van der Waals surface area contributed by atoms with Crippen molar-refractivity contribution in [1.82, 2.24) is 5.01 Å². The molecule has 2 aliphatic heterocycles. The highest BCUT2D eigenvalue weighted by atomic mass is 32.2. The van der Waals surface area contributed by atoms with E-state index in [1.807, 2.05) is 18.2 Å². The van der Waals surface area contributed by atoms with E-state index in [4.69, 9.17) is 9.47 Å². The Morgan fingerprint density at radius 3 is 2.37 bits per heavy atom. The number of anilines is 1. The van der Waals surface area contributed by atoms with E-state index in [9.17, 15) is 17.6 Å². The SMILES string of the molecule is CC(=O)N1N=C(c2ccc(NS(=O)(=O)c3ccc(F)cc3)cc2)CC1c1ccc2c(c1)OCCO2. The minimum absolute atomic E-state index is 0.0393. The third kappa shape index (κ3) is 4.69. The normalized spacial score (nSPS) is 17.1. The van der Waals surface area contributed by atoms with Gasteiger partial charge in [-0.25, -0.2) is 17.8 Å². The molecule has 1 atom stereocenters. The van der Waals surface area contributed by atoms with E-state index >= 15 is 0 Å². The molecule has 3 aromatic rings. The van der Waals surface area contributed by atoms with Gasteiger partial charge in [0.2, 0.25) is 5.91 Å². The van der Waals surface area contributed by atoms with Gasteiger partial charge in [0.05, 0.1) is 16.6 Å². The fourth-order valence-electron chi connectivity index (χ4n) is 4.06. The van der Waals surface area contributed by atoms with Gasteiger partial charge in [-0.05, 0) is 59.7 Å². The molecular formula is C25H22FN3O5S. The predicted molar refractivity (Wildman–Crippen MR) is 127 cm³/mol. The van der Waals surface area contributed by atoms with E-state index in [1.165, 1.54) is 24.1 Å². The number of benzene rings is 3. The predicted octanol–water partition coefficient (Wildman–Crippen LogP) is 4.10. The largest absolute Gasteiger partial charge is 0.486 e. The zero-order valence-corrected chi connectivity index (χ0v) is 19.6. The Morgan fingerprint density at radius 1 is 1.00 bits per heavy atom. The molecule has 2 aliphatic rings. The van der Waals surface area contributed by atoms with Crippen LogP contribution in [0.1, 0.15) is 30.5 Å². The highest BCUT2D eigenvalue weighted by Gasteiger charge is 2.32. The lowest BCUT2D eigenvalue weighted by molar-refractivity contribution is -0.130. The lowest BCUT2D eigenvalue weighted by Crippen LogP contribution is -2.24. The minimum Gasteiger partial charge on any atom is -0.486 e. The average molecular weight is 496 g/mol. The smallest absolute Gasteiger partial charge is 0.261 e. The number of sulfonamides is 1. The maximum atomic E-state index is 13.1. The minimum atomic E-state index is -3.86. The summed E-state index contributed by atoms with van der Waals surface area (Å²) in [5.41, 5.74) is 2.70. The lowest BCUT2D eigenvalue weighted by atomic mass is 9.98. The zero-order chi connectivity index (χ0) is 24.6. The van der Waals surface area contributed by atoms with Crippen molar-refractivity contribution in [3.63, 3.8) is 0 Å². The van der Waals surface area contributed by atoms with Crippen LogP contribution in [0.25, 0.3) is 0 Å². The van der Waals surface area contributed by atoms with Gasteiger partial charge >= 0.3 is 0 Å². The summed E-state index contributed by atoms with van der Waals surface area (Å²) < 4.78 is 52.0. The summed E-state index contributed by atoms with van der Waals surface area (Å²) in [6.45, 7) is 2.43. The fraction of sp³-hybridized carbons (Fsp3) is 0.200. The summed E-state index contributed by atoms with van der Waals surface area (Å²) in [4.78, 5) is 12.3. The molecule has 0 saturated carbocycles. The van der Waals surface area contributed by atoms with E-state index in [-0.39, 0.29) is 16.8 Å². The second-order valence-electron chi connectivity index (χ2n) is 8.17. The summed E-state index contributed by atoms with van der Waals surface area (Å²) in [7, 11) is -3.86. The Balaban J connectivity index is 1.35. The second-order valence-corrected chi connectivity index (χ2v) is 9.85. The molecule has 0 saturated heterocycles. The molecule has 2 heterocycles. The van der Waals surface area contributed by atoms with Crippen LogP contribution in [0.4, 0.5) is 10.1 Å². The first-order chi connectivity index (χ1) is 16.8. The van der Waals surface area contributed by atoms with Crippen LogP contribution in [0.5, 0.6) is 11.5 Å². The van der Waals surface area contributed by atoms with Crippen molar-refractivity contribution >= 4 is 27.3 Å². The highest BCUT2D eigenvalue weighted by Crippen LogP contribution is 2.38. The number of nitrogens with zero attached hydrogens (tertiary/aromatic N) is 2. The third-order valence-electron chi connectivity index (χ3n) is 5.78. The van der Waals surface area contributed by atoms with Crippen molar-refractivity contribution in [2.75, 3.05) is 17.9 Å². The number of hydrogen-bond acceptors (Lipinski definition) is 6. The van der Waals surface area contributed by atoms with E-state index in [0.29, 0.717) is 42.5 Å². The molecule has 180 valence electrons. The zero-order valence-electron chi connectivity index (χ0n) is 18.8. The van der Waals surface area contributed by atoms with Crippen LogP contribution in [0, 0.1) is 5.82 Å². The number of amides is 1. The van der Waals surface area contributed by atoms with Crippen molar-refractivity contribution in [3.8, 4) is 11.5 Å². The summed E-state index contributed by atoms with van der Waals surface area (Å²) in [5.74, 6) is 0.610. The number of hydrogen-bond donors (Lipinski definition) is 1. The van der Waals surface area contributed by atoms with Gasteiger partial charge in [0, 0.05) is 19.0 Å². The molecule has 1 N–H and O–H groups in total. The quantitative estimate of drug-likeness (QED) is 0.575. The van der Waals surface area contributed by atoms with Gasteiger partial charge < -0.3 is 9.47 Å². The molecule has 3 aromatic carbocycles. The molecule has 5 rings (SSSR count). The van der Waals surface area contributed by atoms with Gasteiger partial charge in [-0.3, -0.25) is 9.52 Å². The van der Waals surface area contributed by atoms with Crippen LogP contribution in [0.3, 0.4) is 0 Å². The van der Waals surface area contributed by atoms with Gasteiger partial charge in [-0.2, -0.15) is 5.10 Å². The molecule has 0 aliphatic carbocycles. The molecule has 0 bridgehead atoms. The number of nitrogens with one attached hydrogen (secondary N) is 1. The first kappa shape index (κ1) is 22.9. The van der Waals surface area contributed by atoms with Crippen molar-refractivity contribution in [1.29, 1.82) is 0 Å². The Hall–Kier alpha value is -3.92. The van der Waals surface area contributed by atoms with E-state index in [1.54, 1.807) is 24.3 Å². The summed E-state index contributed by atoms with van der Waals surface area (Å²) in [6.07, 6.45) is 0.486. The molecule has 0 fully saturated rings. The lowest BCUT2D eigenvalue weighted by Gasteiger charge is -2.23. The second kappa shape index (κ2) is 9.03. The molecule has 1 amide bonds. The molecule has 0 aromatic heterocycles. The van der Waals surface area contributed by atoms with Gasteiger partial charge in [0.25, 0.3) is 10.0 Å². The summed E-state index contributed by atoms with van der Waals surface area (Å²) >= 11 is 0. The van der Waals surface area contributed by atoms with Crippen molar-refractivity contribution < 1.29 is 27.1 Å². The molecular weight excluding hydrogens is 473 g/mol. The molecule has 0 radical (unpaired) electrons. The Kier molecular flexibility index (Phi) is 5.89. The Morgan fingerprint density at radius 2 is 1.69 bits per heavy atom. The van der Waals surface area contributed by atoms with Gasteiger partial charge in [-0.1, -0.05) is 18.2 Å². The number of halogens is 1. The fourth-order valence-corrected chi connectivity index (χ4v) is 5.12. The summed E-state index contributed by atoms with van der Waals surface area (Å²) in [5, 5.41) is 5.99. The number of hydrazone groups is 1. The van der Waals surface area contributed by atoms with Crippen LogP contribution in [-0.4, -0.2) is 38.3 Å². The van der Waals surface area contributed by atoms with E-state index in [0.717, 1.165) is 23.3 Å². The number of fused-ring (bicyclic) bond motifs is 1. The Bertz CT molecular complexity index is 1410. The Labute approximate surface area is 202 Å². The van der Waals surface area contributed by atoms with Gasteiger partial charge in [0.1, 0.15) is 19.0 Å². The van der Waals surface area contributed by atoms with E-state index < -0.39 is 15.8 Å². The average Bonchev–Trinajstić information content (AvgIpc) is 3.30. The molecule has 0 spiro atoms. The number of ether oxygens (including phenoxy) is 2. The highest BCUT2D eigenvalue weighted by molar-refractivity contribution is 7.92. The van der Waals surface area contributed by atoms with E-state index in [2.05, 4.69) is 9.82 Å². The van der Waals surface area contributed by atoms with Crippen molar-refractivity contribution in [2.24, 2.45) is 5.10 Å². The monoisotopic (exact) mass is 495 g/mol. The van der Waals surface area contributed by atoms with Crippen LogP contribution >= 0.6 is 0 Å². The number of carbonyl (C=O) groups is 1. The molecule has 1 unspecified atom stereocenters. The number of rotatable bonds is 5. The molecule has 8 nitrogen and oxygen atoms in total. The first-order valence-electron chi connectivity index (χ1n) is 11.0. The summed E-state index contributed by atoms with van der Waals surface area (Å²) in [6, 6.07) is 16.6. The van der Waals surface area contributed by atoms with Crippen LogP contribution in [0.15, 0.2) is 76.7 Å². The number of carbonyl (C=O) groups excluding carboxylic acids is 1. The van der Waals surface area contributed by atoms with Crippen molar-refractivity contribution in [2.45, 2.75) is 24.3 Å². The molecule has 35 heavy (non-hydrogen) atoms. The van der Waals surface area contributed by atoms with Gasteiger partial charge in [-0.15, -0.1) is 0 Å². The standard InChI is InChI=1S/C25H22FN3O5S/c1-16(30)29-23(18-4-11-24-25(14-18)34-13-12-33-24)15-22(27-29)17-2-7-20(8-3-17)28-35(31,32)21-9-5-19(26)6-10-21/h2-11,14,23,28H,12-13,15H2,1H3. The van der Waals surface area contributed by atoms with Crippen LogP contribution in [0.2, 0.25) is 0 Å². The third-order valence-corrected chi connectivity index (χ3v) is 7.18. The first-order valence-corrected chi connectivity index (χ1v) is 12.4. The van der Waals surface area contributed by atoms with Gasteiger partial charge in [0.15, 0.2) is 11.5 Å². The van der Waals surface area contributed by atoms with Crippen LogP contribution < -0.4 is 14.2 Å². The molecule has 10 heteroatoms.